The minimum atomic E-state index is -0.683. The summed E-state index contributed by atoms with van der Waals surface area (Å²) in [4.78, 5) is 25.7. The lowest BCUT2D eigenvalue weighted by Gasteiger charge is -2.18. The van der Waals surface area contributed by atoms with E-state index in [1.807, 2.05) is 31.2 Å². The van der Waals surface area contributed by atoms with Gasteiger partial charge in [0.15, 0.2) is 11.9 Å². The van der Waals surface area contributed by atoms with Gasteiger partial charge in [0.1, 0.15) is 5.75 Å². The Morgan fingerprint density at radius 3 is 2.25 bits per heavy atom. The Morgan fingerprint density at radius 1 is 0.964 bits per heavy atom. The normalized spacial score (nSPS) is 11.5. The van der Waals surface area contributed by atoms with Gasteiger partial charge in [-0.2, -0.15) is 0 Å². The van der Waals surface area contributed by atoms with Crippen LogP contribution < -0.4 is 10.1 Å². The number of ketones is 1. The van der Waals surface area contributed by atoms with Gasteiger partial charge in [-0.1, -0.05) is 67.1 Å². The van der Waals surface area contributed by atoms with Crippen molar-refractivity contribution in [2.24, 2.45) is 0 Å². The van der Waals surface area contributed by atoms with E-state index < -0.39 is 6.10 Å². The fourth-order valence-corrected chi connectivity index (χ4v) is 2.93. The monoisotopic (exact) mass is 393 g/mol. The van der Waals surface area contributed by atoms with E-state index in [1.54, 1.807) is 54.6 Å². The standard InChI is InChI=1S/C23H20ClNO3/c1-2-21(28-18-11-7-4-8-12-18)23(27)25-20-14-13-17(24)15-19(20)22(26)16-9-5-3-6-10-16/h3-15,21H,2H2,1H3,(H,25,27)/t21-/m0/s1. The molecule has 0 spiro atoms. The topological polar surface area (TPSA) is 55.4 Å². The molecule has 1 N–H and O–H groups in total. The van der Waals surface area contributed by atoms with Gasteiger partial charge in [-0.15, -0.1) is 0 Å². The number of rotatable bonds is 7. The van der Waals surface area contributed by atoms with Gasteiger partial charge < -0.3 is 10.1 Å². The molecule has 0 aliphatic carbocycles. The number of ether oxygens (including phenoxy) is 1. The van der Waals surface area contributed by atoms with Gasteiger partial charge >= 0.3 is 0 Å². The van der Waals surface area contributed by atoms with Gasteiger partial charge in [0.25, 0.3) is 5.91 Å². The number of amides is 1. The van der Waals surface area contributed by atoms with E-state index in [2.05, 4.69) is 5.32 Å². The highest BCUT2D eigenvalue weighted by Gasteiger charge is 2.22. The average molecular weight is 394 g/mol. The largest absolute Gasteiger partial charge is 0.481 e. The zero-order chi connectivity index (χ0) is 19.9. The van der Waals surface area contributed by atoms with Gasteiger partial charge in [0.2, 0.25) is 0 Å². The quantitative estimate of drug-likeness (QED) is 0.549. The fourth-order valence-electron chi connectivity index (χ4n) is 2.76. The Hall–Kier alpha value is -3.11. The molecule has 0 unspecified atom stereocenters. The van der Waals surface area contributed by atoms with Crippen molar-refractivity contribution in [3.05, 3.63) is 95.0 Å². The Balaban J connectivity index is 1.83. The second kappa shape index (κ2) is 9.20. The first-order valence-corrected chi connectivity index (χ1v) is 9.38. The van der Waals surface area contributed by atoms with E-state index in [4.69, 9.17) is 16.3 Å². The summed E-state index contributed by atoms with van der Waals surface area (Å²) < 4.78 is 5.78. The van der Waals surface area contributed by atoms with Crippen LogP contribution in [0, 0.1) is 0 Å². The van der Waals surface area contributed by atoms with Gasteiger partial charge in [-0.25, -0.2) is 0 Å². The first kappa shape index (κ1) is 19.6. The summed E-state index contributed by atoms with van der Waals surface area (Å²) in [5, 5.41) is 3.24. The zero-order valence-corrected chi connectivity index (χ0v) is 16.1. The summed E-state index contributed by atoms with van der Waals surface area (Å²) >= 11 is 6.09. The molecule has 0 saturated carbocycles. The van der Waals surface area contributed by atoms with Crippen molar-refractivity contribution >= 4 is 29.0 Å². The van der Waals surface area contributed by atoms with E-state index in [-0.39, 0.29) is 11.7 Å². The van der Waals surface area contributed by atoms with Gasteiger partial charge in [0.05, 0.1) is 5.69 Å². The minimum absolute atomic E-state index is 0.213. The van der Waals surface area contributed by atoms with Crippen molar-refractivity contribution in [1.29, 1.82) is 0 Å². The molecule has 0 bridgehead atoms. The highest BCUT2D eigenvalue weighted by Crippen LogP contribution is 2.24. The molecule has 0 aliphatic rings. The van der Waals surface area contributed by atoms with Crippen molar-refractivity contribution in [3.8, 4) is 5.75 Å². The Morgan fingerprint density at radius 2 is 1.61 bits per heavy atom. The van der Waals surface area contributed by atoms with Crippen LogP contribution in [0.2, 0.25) is 5.02 Å². The molecule has 142 valence electrons. The molecule has 0 saturated heterocycles. The summed E-state index contributed by atoms with van der Waals surface area (Å²) in [5.74, 6) is 0.0763. The molecule has 0 radical (unpaired) electrons. The van der Waals surface area contributed by atoms with Crippen LogP contribution in [0.25, 0.3) is 0 Å². The smallest absolute Gasteiger partial charge is 0.265 e. The third kappa shape index (κ3) is 4.78. The second-order valence-electron chi connectivity index (χ2n) is 6.20. The van der Waals surface area contributed by atoms with Crippen LogP contribution in [-0.2, 0) is 4.79 Å². The average Bonchev–Trinajstić information content (AvgIpc) is 2.74. The van der Waals surface area contributed by atoms with Crippen LogP contribution in [0.4, 0.5) is 5.69 Å². The summed E-state index contributed by atoms with van der Waals surface area (Å²) in [5.41, 5.74) is 1.26. The van der Waals surface area contributed by atoms with Crippen molar-refractivity contribution in [3.63, 3.8) is 0 Å². The van der Waals surface area contributed by atoms with Gasteiger partial charge in [-0.05, 0) is 36.8 Å². The highest BCUT2D eigenvalue weighted by atomic mass is 35.5. The fraction of sp³-hybridized carbons (Fsp3) is 0.130. The van der Waals surface area contributed by atoms with E-state index in [0.717, 1.165) is 0 Å². The van der Waals surface area contributed by atoms with E-state index >= 15 is 0 Å². The molecule has 3 rings (SSSR count). The molecule has 0 aromatic heterocycles. The summed E-state index contributed by atoms with van der Waals surface area (Å²) in [6.45, 7) is 1.87. The van der Waals surface area contributed by atoms with Crippen molar-refractivity contribution in [2.75, 3.05) is 5.32 Å². The number of anilines is 1. The number of benzene rings is 3. The number of carbonyl (C=O) groups excluding carboxylic acids is 2. The number of carbonyl (C=O) groups is 2. The maximum atomic E-state index is 12.9. The molecule has 1 amide bonds. The van der Waals surface area contributed by atoms with E-state index in [1.165, 1.54) is 0 Å². The molecule has 5 heteroatoms. The molecule has 0 fully saturated rings. The third-order valence-electron chi connectivity index (χ3n) is 4.20. The number of halogens is 1. The summed E-state index contributed by atoms with van der Waals surface area (Å²) in [6.07, 6.45) is -0.200. The molecule has 3 aromatic rings. The lowest BCUT2D eigenvalue weighted by atomic mass is 10.0. The summed E-state index contributed by atoms with van der Waals surface area (Å²) in [6, 6.07) is 22.8. The molecule has 0 aliphatic heterocycles. The van der Waals surface area contributed by atoms with Crippen LogP contribution in [0.15, 0.2) is 78.9 Å². The van der Waals surface area contributed by atoms with Crippen LogP contribution >= 0.6 is 11.6 Å². The number of hydrogen-bond donors (Lipinski definition) is 1. The summed E-state index contributed by atoms with van der Waals surface area (Å²) in [7, 11) is 0. The maximum Gasteiger partial charge on any atom is 0.265 e. The molecular weight excluding hydrogens is 374 g/mol. The van der Waals surface area contributed by atoms with Crippen molar-refractivity contribution < 1.29 is 14.3 Å². The second-order valence-corrected chi connectivity index (χ2v) is 6.64. The van der Waals surface area contributed by atoms with Crippen LogP contribution in [0.5, 0.6) is 5.75 Å². The van der Waals surface area contributed by atoms with Crippen molar-refractivity contribution in [2.45, 2.75) is 19.4 Å². The molecular formula is C23H20ClNO3. The number of nitrogens with one attached hydrogen (secondary N) is 1. The third-order valence-corrected chi connectivity index (χ3v) is 4.44. The molecule has 3 aromatic carbocycles. The van der Waals surface area contributed by atoms with E-state index in [9.17, 15) is 9.59 Å². The van der Waals surface area contributed by atoms with Gasteiger partial charge in [-0.3, -0.25) is 9.59 Å². The first-order valence-electron chi connectivity index (χ1n) is 9.00. The SMILES string of the molecule is CC[C@H](Oc1ccccc1)C(=O)Nc1ccc(Cl)cc1C(=O)c1ccccc1. The first-order chi connectivity index (χ1) is 13.6. The Bertz CT molecular complexity index is 958. The predicted molar refractivity (Wildman–Crippen MR) is 111 cm³/mol. The lowest BCUT2D eigenvalue weighted by molar-refractivity contribution is -0.122. The van der Waals surface area contributed by atoms with Crippen molar-refractivity contribution in [1.82, 2.24) is 0 Å². The van der Waals surface area contributed by atoms with E-state index in [0.29, 0.717) is 34.0 Å². The number of hydrogen-bond acceptors (Lipinski definition) is 3. The molecule has 1 atom stereocenters. The zero-order valence-electron chi connectivity index (χ0n) is 15.4. The maximum absolute atomic E-state index is 12.9. The minimum Gasteiger partial charge on any atom is -0.481 e. The molecule has 28 heavy (non-hydrogen) atoms. The Labute approximate surface area is 169 Å². The van der Waals surface area contributed by atoms with Crippen LogP contribution in [-0.4, -0.2) is 17.8 Å². The number of para-hydroxylation sites is 1. The Kier molecular flexibility index (Phi) is 6.45. The van der Waals surface area contributed by atoms with Crippen LogP contribution in [0.1, 0.15) is 29.3 Å². The predicted octanol–water partition coefficient (Wildman–Crippen LogP) is 5.37. The molecule has 4 nitrogen and oxygen atoms in total. The molecule has 0 heterocycles. The highest BCUT2D eigenvalue weighted by molar-refractivity contribution is 6.31. The van der Waals surface area contributed by atoms with Crippen LogP contribution in [0.3, 0.4) is 0 Å². The lowest BCUT2D eigenvalue weighted by Crippen LogP contribution is -2.32. The van der Waals surface area contributed by atoms with Gasteiger partial charge in [0, 0.05) is 16.1 Å².